The molecule has 0 aliphatic heterocycles. The van der Waals surface area contributed by atoms with E-state index in [1.54, 1.807) is 11.3 Å². The van der Waals surface area contributed by atoms with Crippen LogP contribution in [0.4, 0.5) is 5.82 Å². The van der Waals surface area contributed by atoms with Gasteiger partial charge < -0.3 is 4.74 Å². The van der Waals surface area contributed by atoms with Crippen LogP contribution in [-0.4, -0.2) is 16.6 Å². The number of benzene rings is 1. The van der Waals surface area contributed by atoms with Gasteiger partial charge in [-0.1, -0.05) is 19.1 Å². The zero-order valence-corrected chi connectivity index (χ0v) is 14.0. The van der Waals surface area contributed by atoms with Crippen LogP contribution in [0.5, 0.6) is 5.75 Å². The van der Waals surface area contributed by atoms with Crippen molar-refractivity contribution in [3.05, 3.63) is 47.1 Å². The summed E-state index contributed by atoms with van der Waals surface area (Å²) in [6.07, 6.45) is 2.53. The van der Waals surface area contributed by atoms with Crippen LogP contribution in [0.2, 0.25) is 0 Å². The molecule has 0 spiro atoms. The molecule has 0 saturated carbocycles. The zero-order valence-electron chi connectivity index (χ0n) is 13.2. The molecule has 0 amide bonds. The summed E-state index contributed by atoms with van der Waals surface area (Å²) >= 11 is 1.60. The average molecular weight is 326 g/mol. The van der Waals surface area contributed by atoms with Crippen molar-refractivity contribution in [3.8, 4) is 5.75 Å². The van der Waals surface area contributed by atoms with Crippen molar-refractivity contribution >= 4 is 27.4 Å². The number of ether oxygens (including phenoxy) is 1. The van der Waals surface area contributed by atoms with E-state index < -0.39 is 0 Å². The molecule has 5 nitrogen and oxygen atoms in total. The minimum absolute atomic E-state index is 0.499. The second-order valence-corrected chi connectivity index (χ2v) is 6.07. The van der Waals surface area contributed by atoms with E-state index in [1.165, 1.54) is 6.33 Å². The third-order valence-corrected chi connectivity index (χ3v) is 4.39. The largest absolute Gasteiger partial charge is 0.494 e. The Balaban J connectivity index is 1.73. The standard InChI is InChI=1S/C17H18N4OS/c1-3-7-22-14-6-4-5-13(8-14)9-20-21-17-16-15(18-11-19-17)12(2)10-23-16/h4-6,8,10-11H,3,7,9H2,1-2H3. The van der Waals surface area contributed by atoms with E-state index in [2.05, 4.69) is 32.5 Å². The lowest BCUT2D eigenvalue weighted by Crippen LogP contribution is -1.95. The number of nitrogens with zero attached hydrogens (tertiary/aromatic N) is 4. The van der Waals surface area contributed by atoms with Gasteiger partial charge in [-0.3, -0.25) is 0 Å². The van der Waals surface area contributed by atoms with Crippen molar-refractivity contribution in [2.75, 3.05) is 6.61 Å². The van der Waals surface area contributed by atoms with Crippen LogP contribution in [0.1, 0.15) is 24.5 Å². The summed E-state index contributed by atoms with van der Waals surface area (Å²) in [5, 5.41) is 10.6. The average Bonchev–Trinajstić information content (AvgIpc) is 2.96. The molecule has 1 aromatic carbocycles. The molecule has 3 rings (SSSR count). The van der Waals surface area contributed by atoms with E-state index >= 15 is 0 Å². The van der Waals surface area contributed by atoms with Crippen molar-refractivity contribution < 1.29 is 4.74 Å². The molecule has 0 unspecified atom stereocenters. The third-order valence-electron chi connectivity index (χ3n) is 3.30. The molecule has 0 fully saturated rings. The van der Waals surface area contributed by atoms with Gasteiger partial charge in [-0.05, 0) is 42.0 Å². The van der Waals surface area contributed by atoms with Gasteiger partial charge >= 0.3 is 0 Å². The first-order valence-electron chi connectivity index (χ1n) is 7.56. The van der Waals surface area contributed by atoms with Crippen LogP contribution >= 0.6 is 11.3 Å². The second kappa shape index (κ2) is 7.28. The summed E-state index contributed by atoms with van der Waals surface area (Å²) < 4.78 is 6.61. The van der Waals surface area contributed by atoms with Crippen LogP contribution < -0.4 is 4.74 Å². The predicted octanol–water partition coefficient (Wildman–Crippen LogP) is 5.07. The number of rotatable bonds is 6. The Kier molecular flexibility index (Phi) is 4.92. The minimum Gasteiger partial charge on any atom is -0.494 e. The smallest absolute Gasteiger partial charge is 0.195 e. The maximum atomic E-state index is 5.63. The molecule has 0 N–H and O–H groups in total. The van der Waals surface area contributed by atoms with Crippen molar-refractivity contribution in [2.24, 2.45) is 10.2 Å². The van der Waals surface area contributed by atoms with Crippen LogP contribution in [0.25, 0.3) is 10.2 Å². The van der Waals surface area contributed by atoms with Gasteiger partial charge in [0.25, 0.3) is 0 Å². The summed E-state index contributed by atoms with van der Waals surface area (Å²) in [6.45, 7) is 5.35. The highest BCUT2D eigenvalue weighted by Gasteiger charge is 2.07. The van der Waals surface area contributed by atoms with Crippen molar-refractivity contribution in [1.82, 2.24) is 9.97 Å². The number of aromatic nitrogens is 2. The van der Waals surface area contributed by atoms with E-state index in [0.717, 1.165) is 40.1 Å². The summed E-state index contributed by atoms with van der Waals surface area (Å²) in [6, 6.07) is 7.95. The summed E-state index contributed by atoms with van der Waals surface area (Å²) in [4.78, 5) is 8.51. The molecule has 0 radical (unpaired) electrons. The monoisotopic (exact) mass is 326 g/mol. The molecule has 0 bridgehead atoms. The van der Waals surface area contributed by atoms with E-state index in [4.69, 9.17) is 4.74 Å². The molecule has 3 aromatic rings. The SMILES string of the molecule is CCCOc1cccc(CN=Nc2ncnc3c(C)csc23)c1. The molecule has 2 heterocycles. The number of fused-ring (bicyclic) bond motifs is 1. The maximum absolute atomic E-state index is 5.63. The van der Waals surface area contributed by atoms with Gasteiger partial charge in [0.15, 0.2) is 5.82 Å². The first kappa shape index (κ1) is 15.6. The van der Waals surface area contributed by atoms with Gasteiger partial charge in [-0.15, -0.1) is 16.5 Å². The molecular weight excluding hydrogens is 308 g/mol. The van der Waals surface area contributed by atoms with Crippen molar-refractivity contribution in [2.45, 2.75) is 26.8 Å². The molecule has 0 saturated heterocycles. The van der Waals surface area contributed by atoms with Gasteiger partial charge in [-0.2, -0.15) is 5.11 Å². The summed E-state index contributed by atoms with van der Waals surface area (Å²) in [5.74, 6) is 1.50. The maximum Gasteiger partial charge on any atom is 0.195 e. The first-order chi connectivity index (χ1) is 11.3. The van der Waals surface area contributed by atoms with Crippen LogP contribution in [-0.2, 0) is 6.54 Å². The Morgan fingerprint density at radius 1 is 1.26 bits per heavy atom. The van der Waals surface area contributed by atoms with Gasteiger partial charge in [0, 0.05) is 0 Å². The number of thiophene rings is 1. The van der Waals surface area contributed by atoms with Gasteiger partial charge in [0.2, 0.25) is 0 Å². The van der Waals surface area contributed by atoms with E-state index in [1.807, 2.05) is 31.2 Å². The Morgan fingerprint density at radius 3 is 3.04 bits per heavy atom. The number of hydrogen-bond acceptors (Lipinski definition) is 6. The Hall–Kier alpha value is -2.34. The lowest BCUT2D eigenvalue weighted by atomic mass is 10.2. The molecule has 118 valence electrons. The van der Waals surface area contributed by atoms with Crippen LogP contribution in [0.15, 0.2) is 46.2 Å². The topological polar surface area (TPSA) is 59.7 Å². The zero-order chi connectivity index (χ0) is 16.1. The lowest BCUT2D eigenvalue weighted by Gasteiger charge is -2.05. The molecule has 2 aromatic heterocycles. The van der Waals surface area contributed by atoms with E-state index in [-0.39, 0.29) is 0 Å². The molecule has 6 heteroatoms. The highest BCUT2D eigenvalue weighted by atomic mass is 32.1. The Bertz CT molecular complexity index is 828. The fourth-order valence-electron chi connectivity index (χ4n) is 2.17. The lowest BCUT2D eigenvalue weighted by molar-refractivity contribution is 0.317. The van der Waals surface area contributed by atoms with Crippen LogP contribution in [0.3, 0.4) is 0 Å². The third kappa shape index (κ3) is 3.71. The fraction of sp³-hybridized carbons (Fsp3) is 0.294. The highest BCUT2D eigenvalue weighted by molar-refractivity contribution is 7.17. The van der Waals surface area contributed by atoms with Crippen LogP contribution in [0, 0.1) is 6.92 Å². The summed E-state index contributed by atoms with van der Waals surface area (Å²) in [7, 11) is 0. The second-order valence-electron chi connectivity index (χ2n) is 5.19. The highest BCUT2D eigenvalue weighted by Crippen LogP contribution is 2.30. The molecule has 23 heavy (non-hydrogen) atoms. The van der Waals surface area contributed by atoms with Gasteiger partial charge in [0.05, 0.1) is 23.4 Å². The fourth-order valence-corrected chi connectivity index (χ4v) is 3.10. The molecule has 0 aliphatic carbocycles. The number of aryl methyl sites for hydroxylation is 1. The Morgan fingerprint density at radius 2 is 2.17 bits per heavy atom. The normalized spacial score (nSPS) is 11.4. The number of azo groups is 1. The molecule has 0 atom stereocenters. The Labute approximate surface area is 139 Å². The predicted molar refractivity (Wildman–Crippen MR) is 92.6 cm³/mol. The first-order valence-corrected chi connectivity index (χ1v) is 8.44. The molecular formula is C17H18N4OS. The van der Waals surface area contributed by atoms with Gasteiger partial charge in [-0.25, -0.2) is 9.97 Å². The number of hydrogen-bond donors (Lipinski definition) is 0. The van der Waals surface area contributed by atoms with Crippen molar-refractivity contribution in [3.63, 3.8) is 0 Å². The van der Waals surface area contributed by atoms with E-state index in [0.29, 0.717) is 12.4 Å². The minimum atomic E-state index is 0.499. The van der Waals surface area contributed by atoms with Crippen molar-refractivity contribution in [1.29, 1.82) is 0 Å². The summed E-state index contributed by atoms with van der Waals surface area (Å²) in [5.41, 5.74) is 3.16. The quantitative estimate of drug-likeness (QED) is 0.594. The van der Waals surface area contributed by atoms with E-state index in [9.17, 15) is 0 Å². The molecule has 0 aliphatic rings. The van der Waals surface area contributed by atoms with Gasteiger partial charge in [0.1, 0.15) is 12.1 Å².